The molecule has 2 aromatic rings. The first-order valence-electron chi connectivity index (χ1n) is 29.3. The molecule has 11 fully saturated rings. The minimum atomic E-state index is -0.530. The van der Waals surface area contributed by atoms with Crippen molar-refractivity contribution in [1.29, 1.82) is 0 Å². The number of aromatic nitrogens is 1. The second-order valence-electron chi connectivity index (χ2n) is 25.6. The predicted molar refractivity (Wildman–Crippen MR) is 275 cm³/mol. The summed E-state index contributed by atoms with van der Waals surface area (Å²) >= 11 is 1.45. The molecule has 14 nitrogen and oxygen atoms in total. The van der Waals surface area contributed by atoms with Crippen molar-refractivity contribution >= 4 is 34.9 Å². The van der Waals surface area contributed by atoms with Gasteiger partial charge in [-0.3, -0.25) is 19.2 Å². The van der Waals surface area contributed by atoms with Gasteiger partial charge in [0, 0.05) is 54.3 Å². The maximum Gasteiger partial charge on any atom is 0.323 e. The molecule has 402 valence electrons. The van der Waals surface area contributed by atoms with Crippen molar-refractivity contribution in [3.8, 4) is 5.75 Å². The Morgan fingerprint density at radius 3 is 2.39 bits per heavy atom. The van der Waals surface area contributed by atoms with Gasteiger partial charge in [-0.1, -0.05) is 38.3 Å². The molecule has 0 bridgehead atoms. The van der Waals surface area contributed by atoms with E-state index >= 15 is 0 Å². The van der Waals surface area contributed by atoms with E-state index in [0.29, 0.717) is 71.5 Å². The lowest BCUT2D eigenvalue weighted by Gasteiger charge is -2.59. The molecule has 8 heterocycles. The number of carbonyl (C=O) groups is 4. The Bertz CT molecular complexity index is 2430. The third kappa shape index (κ3) is 9.59. The van der Waals surface area contributed by atoms with Crippen molar-refractivity contribution in [1.82, 2.24) is 20.5 Å². The lowest BCUT2D eigenvalue weighted by Crippen LogP contribution is -2.65. The van der Waals surface area contributed by atoms with Gasteiger partial charge in [-0.15, -0.1) is 11.3 Å². The van der Waals surface area contributed by atoms with Crippen LogP contribution in [0.2, 0.25) is 0 Å². The summed E-state index contributed by atoms with van der Waals surface area (Å²) in [5.41, 5.74) is 0.482. The van der Waals surface area contributed by atoms with E-state index in [1.165, 1.54) is 17.8 Å². The summed E-state index contributed by atoms with van der Waals surface area (Å²) in [6.07, 6.45) is 18.7. The summed E-state index contributed by atoms with van der Waals surface area (Å²) in [7, 11) is 0. The second kappa shape index (κ2) is 20.4. The SMILES string of the molecule is CCC(=O)N[C@H](C(=O)N1CCC[C@H]1c1nc(C(=O)c2cccc(OC3C4CC5CC6CC7CC(C)(C)OC(=O)C7NC6CC5CC4OC4CC5CC6OC7CCOCC7CC6OC5CC43)c2)cs1)C1CCCCC1. The average Bonchev–Trinajstić information content (AvgIpc) is 4.10. The average molecular weight is 1040 g/mol. The van der Waals surface area contributed by atoms with E-state index in [1.54, 1.807) is 0 Å². The third-order valence-electron chi connectivity index (χ3n) is 20.6. The number of piperidine rings is 1. The van der Waals surface area contributed by atoms with Gasteiger partial charge in [0.25, 0.3) is 0 Å². The molecule has 4 saturated carbocycles. The monoisotopic (exact) mass is 1040 g/mol. The predicted octanol–water partition coefficient (Wildman–Crippen LogP) is 8.53. The minimum Gasteiger partial charge on any atom is -0.490 e. The van der Waals surface area contributed by atoms with Gasteiger partial charge in [-0.25, -0.2) is 4.98 Å². The number of rotatable bonds is 9. The fourth-order valence-electron chi connectivity index (χ4n) is 17.2. The number of ketones is 1. The van der Waals surface area contributed by atoms with E-state index in [1.807, 2.05) is 41.5 Å². The van der Waals surface area contributed by atoms with Crippen LogP contribution in [0.15, 0.2) is 29.6 Å². The Hall–Kier alpha value is -3.47. The van der Waals surface area contributed by atoms with E-state index in [-0.39, 0.29) is 96.1 Å². The first-order valence-corrected chi connectivity index (χ1v) is 30.2. The number of nitrogens with one attached hydrogen (secondary N) is 2. The van der Waals surface area contributed by atoms with Crippen molar-refractivity contribution in [2.75, 3.05) is 19.8 Å². The molecule has 1 aromatic heterocycles. The van der Waals surface area contributed by atoms with Gasteiger partial charge >= 0.3 is 5.97 Å². The molecule has 15 heteroatoms. The Morgan fingerprint density at radius 2 is 1.55 bits per heavy atom. The summed E-state index contributed by atoms with van der Waals surface area (Å²) in [4.78, 5) is 61.8. The molecule has 0 radical (unpaired) electrons. The van der Waals surface area contributed by atoms with Crippen molar-refractivity contribution in [2.24, 2.45) is 53.3 Å². The van der Waals surface area contributed by atoms with Gasteiger partial charge in [0.2, 0.25) is 17.6 Å². The van der Waals surface area contributed by atoms with E-state index in [2.05, 4.69) is 24.5 Å². The van der Waals surface area contributed by atoms with Crippen LogP contribution in [-0.4, -0.2) is 120 Å². The van der Waals surface area contributed by atoms with E-state index in [0.717, 1.165) is 127 Å². The number of nitrogens with zero attached hydrogens (tertiary/aromatic N) is 2. The molecule has 2 amide bonds. The number of hydrogen-bond acceptors (Lipinski definition) is 13. The molecule has 4 aliphatic carbocycles. The zero-order chi connectivity index (χ0) is 50.4. The quantitative estimate of drug-likeness (QED) is 0.182. The molecule has 7 saturated heterocycles. The van der Waals surface area contributed by atoms with Gasteiger partial charge in [0.05, 0.1) is 49.3 Å². The number of amides is 2. The first-order chi connectivity index (χ1) is 35.9. The molecule has 7 aliphatic heterocycles. The topological polar surface area (TPSA) is 164 Å². The number of hydrogen-bond donors (Lipinski definition) is 2. The standard InChI is InChI=1S/C59H80N4O10S/c1-4-51(64)62-52(31-10-6-5-7-11-31)57(66)63-16-9-14-44(63)56-61-43(30-74-56)54(65)32-12-8-13-39(20-32)69-55-40-21-33-18-35-19-37-28-59(2,3)73-58(67)53(37)60-42(35)22-34(33)23-47(40)72-48-24-36-25-49-50(71-46(36)27-41(48)55)26-38-29-68-17-15-45(38)70-49/h8,12-13,20,30-31,33-38,40-42,44-50,52-53,55,60H,4-7,9-11,14-19,21-29H2,1-3H3,(H,62,64)/t33?,34?,35?,36?,37?,38?,40?,41?,42?,44-,45?,46?,47?,48?,49?,50?,52-,53?,55?/m0/s1. The number of cyclic esters (lactones) is 1. The van der Waals surface area contributed by atoms with Crippen LogP contribution in [0, 0.1) is 53.3 Å². The van der Waals surface area contributed by atoms with Crippen LogP contribution in [-0.2, 0) is 38.1 Å². The normalized spacial score (nSPS) is 41.7. The van der Waals surface area contributed by atoms with E-state index < -0.39 is 11.6 Å². The van der Waals surface area contributed by atoms with Crippen molar-refractivity contribution in [3.63, 3.8) is 0 Å². The van der Waals surface area contributed by atoms with Crippen LogP contribution >= 0.6 is 11.3 Å². The number of thiazole rings is 1. The summed E-state index contributed by atoms with van der Waals surface area (Å²) in [5.74, 6) is 3.43. The smallest absolute Gasteiger partial charge is 0.323 e. The Morgan fingerprint density at radius 1 is 0.811 bits per heavy atom. The summed E-state index contributed by atoms with van der Waals surface area (Å²) in [6, 6.07) is 7.08. The number of esters is 1. The zero-order valence-electron chi connectivity index (χ0n) is 43.9. The number of likely N-dealkylation sites (tertiary alicyclic amines) is 1. The van der Waals surface area contributed by atoms with Gasteiger partial charge < -0.3 is 44.0 Å². The molecular weight excluding hydrogens is 957 g/mol. The number of ether oxygens (including phenoxy) is 6. The number of benzene rings is 1. The van der Waals surface area contributed by atoms with Crippen molar-refractivity contribution < 1.29 is 47.6 Å². The fourth-order valence-corrected chi connectivity index (χ4v) is 18.1. The molecule has 74 heavy (non-hydrogen) atoms. The fraction of sp³-hybridized carbons (Fsp3) is 0.780. The lowest BCUT2D eigenvalue weighted by atomic mass is 9.56. The zero-order valence-corrected chi connectivity index (χ0v) is 44.7. The van der Waals surface area contributed by atoms with Crippen LogP contribution in [0.5, 0.6) is 5.75 Å². The Balaban J connectivity index is 0.741. The second-order valence-corrected chi connectivity index (χ2v) is 26.5. The van der Waals surface area contributed by atoms with Crippen LogP contribution in [0.4, 0.5) is 0 Å². The number of carbonyl (C=O) groups excluding carboxylic acids is 4. The molecule has 2 N–H and O–H groups in total. The third-order valence-corrected chi connectivity index (χ3v) is 21.6. The maximum absolute atomic E-state index is 14.5. The van der Waals surface area contributed by atoms with Crippen LogP contribution in [0.25, 0.3) is 0 Å². The highest BCUT2D eigenvalue weighted by Crippen LogP contribution is 2.56. The van der Waals surface area contributed by atoms with Gasteiger partial charge in [0.15, 0.2) is 0 Å². The Labute approximate surface area is 441 Å². The van der Waals surface area contributed by atoms with Gasteiger partial charge in [-0.05, 0) is 158 Å². The largest absolute Gasteiger partial charge is 0.490 e. The van der Waals surface area contributed by atoms with Crippen LogP contribution in [0.3, 0.4) is 0 Å². The van der Waals surface area contributed by atoms with Crippen LogP contribution in [0.1, 0.15) is 170 Å². The maximum atomic E-state index is 14.5. The molecule has 17 unspecified atom stereocenters. The lowest BCUT2D eigenvalue weighted by molar-refractivity contribution is -0.271. The first kappa shape index (κ1) is 50.1. The van der Waals surface area contributed by atoms with Crippen molar-refractivity contribution in [3.05, 3.63) is 45.9 Å². The molecule has 0 spiro atoms. The van der Waals surface area contributed by atoms with Crippen molar-refractivity contribution in [2.45, 2.75) is 215 Å². The van der Waals surface area contributed by atoms with Gasteiger partial charge in [-0.2, -0.15) is 0 Å². The van der Waals surface area contributed by atoms with Crippen LogP contribution < -0.4 is 15.4 Å². The Kier molecular flexibility index (Phi) is 13.8. The molecule has 19 atom stereocenters. The highest BCUT2D eigenvalue weighted by molar-refractivity contribution is 7.10. The molecular formula is C59H80N4O10S. The summed E-state index contributed by atoms with van der Waals surface area (Å²) in [6.45, 7) is 8.07. The minimum absolute atomic E-state index is 0.0164. The van der Waals surface area contributed by atoms with E-state index in [9.17, 15) is 19.2 Å². The van der Waals surface area contributed by atoms with E-state index in [4.69, 9.17) is 33.4 Å². The highest BCUT2D eigenvalue weighted by atomic mass is 32.1. The number of fused-ring (bicyclic) bond motifs is 8. The molecule has 1 aromatic carbocycles. The molecule has 11 aliphatic rings. The van der Waals surface area contributed by atoms with Gasteiger partial charge in [0.1, 0.15) is 40.2 Å². The summed E-state index contributed by atoms with van der Waals surface area (Å²) in [5, 5.41) is 9.57. The molecule has 13 rings (SSSR count). The summed E-state index contributed by atoms with van der Waals surface area (Å²) < 4.78 is 40.6. The highest BCUT2D eigenvalue weighted by Gasteiger charge is 2.59.